The summed E-state index contributed by atoms with van der Waals surface area (Å²) in [5.74, 6) is -1.52. The fourth-order valence-electron chi connectivity index (χ4n) is 2.39. The molecule has 102 valence electrons. The molecule has 0 bridgehead atoms. The summed E-state index contributed by atoms with van der Waals surface area (Å²) in [6.07, 6.45) is 0. The van der Waals surface area contributed by atoms with Crippen molar-refractivity contribution in [3.05, 3.63) is 58.9 Å². The van der Waals surface area contributed by atoms with Crippen molar-refractivity contribution < 1.29 is 19.4 Å². The summed E-state index contributed by atoms with van der Waals surface area (Å²) in [5, 5.41) is 19.2. The van der Waals surface area contributed by atoms with E-state index in [9.17, 15) is 19.4 Å². The summed E-state index contributed by atoms with van der Waals surface area (Å²) >= 11 is 0. The van der Waals surface area contributed by atoms with Crippen LogP contribution in [0, 0.1) is 5.82 Å². The molecule has 0 aliphatic carbocycles. The highest BCUT2D eigenvalue weighted by atomic mass is 19.1. The molecule has 1 aliphatic heterocycles. The molecule has 2 aromatic rings. The minimum atomic E-state index is -0.413. The van der Waals surface area contributed by atoms with E-state index in [1.165, 1.54) is 17.0 Å². The van der Waals surface area contributed by atoms with Gasteiger partial charge in [-0.15, -0.1) is 0 Å². The van der Waals surface area contributed by atoms with E-state index in [1.807, 2.05) is 0 Å². The molecule has 2 N–H and O–H groups in total. The highest BCUT2D eigenvalue weighted by Gasteiger charge is 2.31. The van der Waals surface area contributed by atoms with Crippen molar-refractivity contribution >= 4 is 5.91 Å². The quantitative estimate of drug-likeness (QED) is 0.826. The molecular weight excluding hydrogens is 261 g/mol. The van der Waals surface area contributed by atoms with Gasteiger partial charge in [-0.2, -0.15) is 0 Å². The second kappa shape index (κ2) is 4.52. The van der Waals surface area contributed by atoms with E-state index in [2.05, 4.69) is 0 Å². The molecule has 1 aliphatic rings. The van der Waals surface area contributed by atoms with Crippen LogP contribution in [0.1, 0.15) is 21.5 Å². The van der Waals surface area contributed by atoms with Crippen molar-refractivity contribution in [3.63, 3.8) is 0 Å². The highest BCUT2D eigenvalue weighted by Crippen LogP contribution is 2.37. The summed E-state index contributed by atoms with van der Waals surface area (Å²) < 4.78 is 13.6. The van der Waals surface area contributed by atoms with Gasteiger partial charge in [-0.3, -0.25) is 4.79 Å². The first kappa shape index (κ1) is 12.5. The Balaban J connectivity index is 1.91. The van der Waals surface area contributed by atoms with Crippen LogP contribution in [0.2, 0.25) is 0 Å². The molecular formula is C15H12FNO3. The molecule has 5 heteroatoms. The summed E-state index contributed by atoms with van der Waals surface area (Å²) in [5.41, 5.74) is 1.14. The lowest BCUT2D eigenvalue weighted by atomic mass is 10.1. The van der Waals surface area contributed by atoms with Crippen molar-refractivity contribution in [3.8, 4) is 11.5 Å². The van der Waals surface area contributed by atoms with E-state index in [0.29, 0.717) is 11.1 Å². The topological polar surface area (TPSA) is 60.8 Å². The minimum absolute atomic E-state index is 0.0985. The number of hydrogen-bond donors (Lipinski definition) is 2. The second-order valence-corrected chi connectivity index (χ2v) is 4.72. The maximum atomic E-state index is 13.6. The number of amides is 1. The predicted molar refractivity (Wildman–Crippen MR) is 69.7 cm³/mol. The van der Waals surface area contributed by atoms with Crippen LogP contribution < -0.4 is 0 Å². The van der Waals surface area contributed by atoms with E-state index in [-0.39, 0.29) is 30.2 Å². The molecule has 0 saturated carbocycles. The smallest absolute Gasteiger partial charge is 0.258 e. The predicted octanol–water partition coefficient (Wildman–Crippen LogP) is 2.39. The Hall–Kier alpha value is -2.56. The van der Waals surface area contributed by atoms with E-state index < -0.39 is 11.7 Å². The molecule has 3 rings (SSSR count). The number of aromatic hydroxyl groups is 2. The number of halogens is 1. The van der Waals surface area contributed by atoms with Crippen LogP contribution in [0.15, 0.2) is 36.4 Å². The zero-order valence-corrected chi connectivity index (χ0v) is 10.5. The lowest BCUT2D eigenvalue weighted by Gasteiger charge is -2.16. The molecule has 4 nitrogen and oxygen atoms in total. The van der Waals surface area contributed by atoms with Crippen LogP contribution in [-0.2, 0) is 13.1 Å². The number of carbonyl (C=O) groups excluding carboxylic acids is 1. The van der Waals surface area contributed by atoms with Gasteiger partial charge in [0.2, 0.25) is 0 Å². The number of phenols is 2. The van der Waals surface area contributed by atoms with Crippen LogP contribution in [0.4, 0.5) is 4.39 Å². The van der Waals surface area contributed by atoms with E-state index in [0.717, 1.165) is 0 Å². The number of phenolic OH excluding ortho intramolecular Hbond substituents is 2. The van der Waals surface area contributed by atoms with Crippen LogP contribution in [-0.4, -0.2) is 21.0 Å². The number of rotatable bonds is 2. The fourth-order valence-corrected chi connectivity index (χ4v) is 2.39. The van der Waals surface area contributed by atoms with Crippen molar-refractivity contribution in [2.45, 2.75) is 13.1 Å². The van der Waals surface area contributed by atoms with Crippen molar-refractivity contribution in [1.29, 1.82) is 0 Å². The molecule has 1 amide bonds. The molecule has 20 heavy (non-hydrogen) atoms. The monoisotopic (exact) mass is 273 g/mol. The minimum Gasteiger partial charge on any atom is -0.504 e. The summed E-state index contributed by atoms with van der Waals surface area (Å²) in [6.45, 7) is 0.413. The third-order valence-electron chi connectivity index (χ3n) is 3.42. The Morgan fingerprint density at radius 3 is 2.65 bits per heavy atom. The molecule has 0 radical (unpaired) electrons. The van der Waals surface area contributed by atoms with Crippen molar-refractivity contribution in [2.24, 2.45) is 0 Å². The number of benzene rings is 2. The van der Waals surface area contributed by atoms with Gasteiger partial charge in [-0.25, -0.2) is 4.39 Å². The number of nitrogens with zero attached hydrogens (tertiary/aromatic N) is 1. The van der Waals surface area contributed by atoms with Crippen molar-refractivity contribution in [2.75, 3.05) is 0 Å². The lowest BCUT2D eigenvalue weighted by Crippen LogP contribution is -2.23. The van der Waals surface area contributed by atoms with Gasteiger partial charge in [-0.05, 0) is 17.7 Å². The Kier molecular flexibility index (Phi) is 2.82. The molecule has 0 unspecified atom stereocenters. The highest BCUT2D eigenvalue weighted by molar-refractivity contribution is 6.01. The van der Waals surface area contributed by atoms with Gasteiger partial charge < -0.3 is 15.1 Å². The SMILES string of the molecule is O=C1c2c(ccc(O)c2O)CN1Cc1ccccc1F. The van der Waals surface area contributed by atoms with Gasteiger partial charge in [0.05, 0.1) is 5.56 Å². The Morgan fingerprint density at radius 1 is 1.15 bits per heavy atom. The molecule has 1 heterocycles. The van der Waals surface area contributed by atoms with E-state index >= 15 is 0 Å². The summed E-state index contributed by atoms with van der Waals surface area (Å²) in [6, 6.07) is 9.17. The van der Waals surface area contributed by atoms with Gasteiger partial charge in [-0.1, -0.05) is 24.3 Å². The van der Waals surface area contributed by atoms with Crippen LogP contribution in [0.5, 0.6) is 11.5 Å². The average Bonchev–Trinajstić information content (AvgIpc) is 2.74. The third-order valence-corrected chi connectivity index (χ3v) is 3.42. The maximum Gasteiger partial charge on any atom is 0.258 e. The van der Waals surface area contributed by atoms with Crippen LogP contribution >= 0.6 is 0 Å². The van der Waals surface area contributed by atoms with Gasteiger partial charge in [0.1, 0.15) is 5.82 Å². The van der Waals surface area contributed by atoms with Crippen LogP contribution in [0.3, 0.4) is 0 Å². The molecule has 0 fully saturated rings. The first-order valence-electron chi connectivity index (χ1n) is 6.14. The first-order valence-corrected chi connectivity index (χ1v) is 6.14. The average molecular weight is 273 g/mol. The molecule has 2 aromatic carbocycles. The summed E-state index contributed by atoms with van der Waals surface area (Å²) in [7, 11) is 0. The summed E-state index contributed by atoms with van der Waals surface area (Å²) in [4.78, 5) is 13.7. The third kappa shape index (κ3) is 1.87. The van der Waals surface area contributed by atoms with Crippen LogP contribution in [0.25, 0.3) is 0 Å². The second-order valence-electron chi connectivity index (χ2n) is 4.72. The Labute approximate surface area is 114 Å². The van der Waals surface area contributed by atoms with Gasteiger partial charge in [0.15, 0.2) is 11.5 Å². The Morgan fingerprint density at radius 2 is 1.90 bits per heavy atom. The normalized spacial score (nSPS) is 13.7. The Bertz CT molecular complexity index is 700. The molecule has 0 saturated heterocycles. The molecule has 0 aromatic heterocycles. The fraction of sp³-hybridized carbons (Fsp3) is 0.133. The maximum absolute atomic E-state index is 13.6. The molecule has 0 spiro atoms. The van der Waals surface area contributed by atoms with Gasteiger partial charge >= 0.3 is 0 Å². The standard InChI is InChI=1S/C15H12FNO3/c16-11-4-2-1-3-9(11)7-17-8-10-5-6-12(18)14(19)13(10)15(17)20/h1-6,18-19H,7-8H2. The first-order chi connectivity index (χ1) is 9.58. The van der Waals surface area contributed by atoms with E-state index in [4.69, 9.17) is 0 Å². The lowest BCUT2D eigenvalue weighted by molar-refractivity contribution is 0.0762. The number of hydrogen-bond acceptors (Lipinski definition) is 3. The zero-order valence-electron chi connectivity index (χ0n) is 10.5. The van der Waals surface area contributed by atoms with E-state index in [1.54, 1.807) is 24.3 Å². The van der Waals surface area contributed by atoms with Crippen molar-refractivity contribution in [1.82, 2.24) is 4.90 Å². The number of carbonyl (C=O) groups is 1. The van der Waals surface area contributed by atoms with Gasteiger partial charge in [0, 0.05) is 18.7 Å². The zero-order chi connectivity index (χ0) is 14.3. The largest absolute Gasteiger partial charge is 0.504 e. The van der Waals surface area contributed by atoms with Gasteiger partial charge in [0.25, 0.3) is 5.91 Å². The molecule has 0 atom stereocenters. The number of fused-ring (bicyclic) bond motifs is 1.